The van der Waals surface area contributed by atoms with Crippen LogP contribution in [0.3, 0.4) is 0 Å². The van der Waals surface area contributed by atoms with Crippen LogP contribution >= 0.6 is 0 Å². The van der Waals surface area contributed by atoms with Gasteiger partial charge in [0.05, 0.1) is 27.5 Å². The van der Waals surface area contributed by atoms with E-state index in [-0.39, 0.29) is 15.7 Å². The van der Waals surface area contributed by atoms with Gasteiger partial charge in [-0.3, -0.25) is 4.79 Å². The summed E-state index contributed by atoms with van der Waals surface area (Å²) in [5.74, 6) is 0.386. The smallest absolute Gasteiger partial charge is 0.223 e. The molecule has 2 atom stereocenters. The number of carbonyl (C=O) groups is 1. The molecule has 2 aromatic rings. The molecule has 0 spiro atoms. The molecule has 0 bridgehead atoms. The van der Waals surface area contributed by atoms with Crippen molar-refractivity contribution in [3.63, 3.8) is 0 Å². The molecule has 0 unspecified atom stereocenters. The lowest BCUT2D eigenvalue weighted by molar-refractivity contribution is -0.139. The van der Waals surface area contributed by atoms with Crippen LogP contribution in [0.1, 0.15) is 43.9 Å². The molecule has 4 rings (SSSR count). The number of sulfone groups is 1. The third kappa shape index (κ3) is 3.24. The van der Waals surface area contributed by atoms with Gasteiger partial charge in [-0.2, -0.15) is 5.26 Å². The number of fused-ring (bicyclic) bond motifs is 1. The van der Waals surface area contributed by atoms with Crippen molar-refractivity contribution in [1.82, 2.24) is 4.90 Å². The van der Waals surface area contributed by atoms with Gasteiger partial charge in [-0.15, -0.1) is 0 Å². The molecule has 1 fully saturated rings. The summed E-state index contributed by atoms with van der Waals surface area (Å²) in [7, 11) is -3.85. The summed E-state index contributed by atoms with van der Waals surface area (Å²) in [6.45, 7) is 3.99. The Bertz CT molecular complexity index is 1150. The first kappa shape index (κ1) is 20.4. The Labute approximate surface area is 175 Å². The van der Waals surface area contributed by atoms with Crippen LogP contribution in [-0.4, -0.2) is 42.6 Å². The molecule has 7 nitrogen and oxygen atoms in total. The van der Waals surface area contributed by atoms with Crippen LogP contribution in [0.2, 0.25) is 0 Å². The largest absolute Gasteiger partial charge is 0.485 e. The topological polar surface area (TPSA) is 108 Å². The molecule has 0 aliphatic carbocycles. The van der Waals surface area contributed by atoms with E-state index in [0.717, 1.165) is 0 Å². The Balaban J connectivity index is 1.82. The van der Waals surface area contributed by atoms with Gasteiger partial charge in [0, 0.05) is 18.5 Å². The first-order valence-corrected chi connectivity index (χ1v) is 11.2. The maximum Gasteiger partial charge on any atom is 0.223 e. The Morgan fingerprint density at radius 3 is 2.43 bits per heavy atom. The van der Waals surface area contributed by atoms with Crippen LogP contribution in [0, 0.1) is 11.3 Å². The van der Waals surface area contributed by atoms with Crippen molar-refractivity contribution < 1.29 is 23.1 Å². The summed E-state index contributed by atoms with van der Waals surface area (Å²) in [4.78, 5) is 14.2. The van der Waals surface area contributed by atoms with E-state index < -0.39 is 27.6 Å². The number of benzene rings is 2. The van der Waals surface area contributed by atoms with E-state index >= 15 is 0 Å². The lowest BCUT2D eigenvalue weighted by atomic mass is 9.85. The normalized spacial score (nSPS) is 22.9. The van der Waals surface area contributed by atoms with E-state index in [4.69, 9.17) is 10.00 Å². The zero-order valence-electron chi connectivity index (χ0n) is 16.7. The number of carbonyl (C=O) groups excluding carboxylic acids is 1. The zero-order valence-corrected chi connectivity index (χ0v) is 17.5. The summed E-state index contributed by atoms with van der Waals surface area (Å²) in [6.07, 6.45) is 0.0882. The predicted molar refractivity (Wildman–Crippen MR) is 107 cm³/mol. The molecule has 2 aromatic carbocycles. The molecular formula is C22H22N2O5S. The van der Waals surface area contributed by atoms with Crippen molar-refractivity contribution in [1.29, 1.82) is 5.26 Å². The second-order valence-electron chi connectivity index (χ2n) is 8.13. The highest BCUT2D eigenvalue weighted by Gasteiger charge is 2.47. The predicted octanol–water partition coefficient (Wildman–Crippen LogP) is 2.59. The van der Waals surface area contributed by atoms with E-state index in [2.05, 4.69) is 0 Å². The quantitative estimate of drug-likeness (QED) is 0.808. The summed E-state index contributed by atoms with van der Waals surface area (Å²) in [6, 6.07) is 11.5. The Hall–Kier alpha value is -2.89. The molecule has 8 heteroatoms. The Kier molecular flexibility index (Phi) is 4.83. The SMILES string of the molecule is CC1(C)Oc2ccc(S(=O)(=O)c3ccc(C#N)cc3)cc2[C@@H](N2CCCC2=O)[C@@H]1O. The minimum atomic E-state index is -3.85. The third-order valence-electron chi connectivity index (χ3n) is 5.73. The molecule has 30 heavy (non-hydrogen) atoms. The minimum absolute atomic E-state index is 0.0399. The van der Waals surface area contributed by atoms with Gasteiger partial charge in [0.25, 0.3) is 0 Å². The number of hydrogen-bond acceptors (Lipinski definition) is 6. The monoisotopic (exact) mass is 426 g/mol. The van der Waals surface area contributed by atoms with E-state index in [1.165, 1.54) is 36.4 Å². The average Bonchev–Trinajstić information content (AvgIpc) is 3.14. The van der Waals surface area contributed by atoms with Crippen molar-refractivity contribution >= 4 is 15.7 Å². The summed E-state index contributed by atoms with van der Waals surface area (Å²) >= 11 is 0. The molecule has 1 amide bonds. The van der Waals surface area contributed by atoms with E-state index in [1.807, 2.05) is 6.07 Å². The van der Waals surface area contributed by atoms with Gasteiger partial charge < -0.3 is 14.7 Å². The molecule has 1 saturated heterocycles. The second-order valence-corrected chi connectivity index (χ2v) is 10.1. The number of nitrogens with zero attached hydrogens (tertiary/aromatic N) is 2. The Morgan fingerprint density at radius 2 is 1.83 bits per heavy atom. The van der Waals surface area contributed by atoms with Crippen LogP contribution in [0.15, 0.2) is 52.3 Å². The number of likely N-dealkylation sites (tertiary alicyclic amines) is 1. The van der Waals surface area contributed by atoms with Crippen molar-refractivity contribution in [2.24, 2.45) is 0 Å². The van der Waals surface area contributed by atoms with Gasteiger partial charge in [0.2, 0.25) is 15.7 Å². The van der Waals surface area contributed by atoms with Crippen molar-refractivity contribution in [2.75, 3.05) is 6.54 Å². The number of rotatable bonds is 3. The molecular weight excluding hydrogens is 404 g/mol. The maximum atomic E-state index is 13.2. The first-order valence-electron chi connectivity index (χ1n) is 9.71. The molecule has 0 radical (unpaired) electrons. The van der Waals surface area contributed by atoms with E-state index in [9.17, 15) is 18.3 Å². The van der Waals surface area contributed by atoms with Gasteiger partial charge in [-0.25, -0.2) is 8.42 Å². The summed E-state index contributed by atoms with van der Waals surface area (Å²) < 4.78 is 32.2. The lowest BCUT2D eigenvalue weighted by Gasteiger charge is -2.45. The van der Waals surface area contributed by atoms with Crippen LogP contribution < -0.4 is 4.74 Å². The highest BCUT2D eigenvalue weighted by molar-refractivity contribution is 7.91. The lowest BCUT2D eigenvalue weighted by Crippen LogP contribution is -2.53. The van der Waals surface area contributed by atoms with Crippen LogP contribution in [-0.2, 0) is 14.6 Å². The fourth-order valence-electron chi connectivity index (χ4n) is 4.06. The number of aliphatic hydroxyl groups is 1. The molecule has 2 heterocycles. The van der Waals surface area contributed by atoms with Gasteiger partial charge in [-0.05, 0) is 62.7 Å². The fourth-order valence-corrected chi connectivity index (χ4v) is 5.35. The number of hydrogen-bond donors (Lipinski definition) is 1. The minimum Gasteiger partial charge on any atom is -0.485 e. The van der Waals surface area contributed by atoms with Crippen LogP contribution in [0.4, 0.5) is 0 Å². The molecule has 2 aliphatic heterocycles. The fraction of sp³-hybridized carbons (Fsp3) is 0.364. The third-order valence-corrected chi connectivity index (χ3v) is 7.50. The molecule has 2 aliphatic rings. The van der Waals surface area contributed by atoms with Crippen molar-refractivity contribution in [2.45, 2.75) is 54.2 Å². The molecule has 0 saturated carbocycles. The average molecular weight is 426 g/mol. The van der Waals surface area contributed by atoms with Crippen molar-refractivity contribution in [3.8, 4) is 11.8 Å². The maximum absolute atomic E-state index is 13.2. The molecule has 0 aromatic heterocycles. The Morgan fingerprint density at radius 1 is 1.17 bits per heavy atom. The molecule has 156 valence electrons. The molecule has 1 N–H and O–H groups in total. The zero-order chi connectivity index (χ0) is 21.7. The van der Waals surface area contributed by atoms with E-state index in [1.54, 1.807) is 24.8 Å². The van der Waals surface area contributed by atoms with Gasteiger partial charge in [0.1, 0.15) is 17.5 Å². The van der Waals surface area contributed by atoms with Gasteiger partial charge in [-0.1, -0.05) is 0 Å². The number of amides is 1. The van der Waals surface area contributed by atoms with Gasteiger partial charge in [0.15, 0.2) is 0 Å². The van der Waals surface area contributed by atoms with Crippen molar-refractivity contribution in [3.05, 3.63) is 53.6 Å². The van der Waals surface area contributed by atoms with Gasteiger partial charge >= 0.3 is 0 Å². The second kappa shape index (κ2) is 7.11. The summed E-state index contributed by atoms with van der Waals surface area (Å²) in [5, 5.41) is 19.9. The highest BCUT2D eigenvalue weighted by atomic mass is 32.2. The summed E-state index contributed by atoms with van der Waals surface area (Å²) in [5.41, 5.74) is -0.0915. The number of aliphatic hydroxyl groups excluding tert-OH is 1. The number of nitriles is 1. The number of ether oxygens (including phenoxy) is 1. The van der Waals surface area contributed by atoms with E-state index in [0.29, 0.717) is 36.3 Å². The van der Waals surface area contributed by atoms with Crippen LogP contribution in [0.25, 0.3) is 0 Å². The standard InChI is InChI=1S/C22H22N2O5S/c1-22(2)21(26)20(24-11-3-4-19(24)25)17-12-16(9-10-18(17)29-22)30(27,28)15-7-5-14(13-23)6-8-15/h5-10,12,20-21,26H,3-4,11H2,1-2H3/t20-,21+/m1/s1. The van der Waals surface area contributed by atoms with Crippen LogP contribution in [0.5, 0.6) is 5.75 Å². The highest BCUT2D eigenvalue weighted by Crippen LogP contribution is 2.45. The first-order chi connectivity index (χ1) is 14.1.